The summed E-state index contributed by atoms with van der Waals surface area (Å²) >= 11 is 7.80. The van der Waals surface area contributed by atoms with Gasteiger partial charge in [-0.15, -0.1) is 0 Å². The lowest BCUT2D eigenvalue weighted by Crippen LogP contribution is -2.34. The third kappa shape index (κ3) is 3.82. The molecule has 0 bridgehead atoms. The zero-order chi connectivity index (χ0) is 13.0. The van der Waals surface area contributed by atoms with Crippen molar-refractivity contribution in [2.75, 3.05) is 29.5 Å². The van der Waals surface area contributed by atoms with Crippen molar-refractivity contribution in [3.05, 3.63) is 29.3 Å². The smallest absolute Gasteiger partial charge is 0.323 e. The van der Waals surface area contributed by atoms with Gasteiger partial charge in [0, 0.05) is 17.3 Å². The highest BCUT2D eigenvalue weighted by molar-refractivity contribution is 7.99. The van der Waals surface area contributed by atoms with Gasteiger partial charge in [-0.2, -0.15) is 11.8 Å². The molecule has 0 radical (unpaired) electrons. The number of halogens is 1. The van der Waals surface area contributed by atoms with E-state index in [1.165, 1.54) is 12.2 Å². The van der Waals surface area contributed by atoms with Crippen LogP contribution in [0.2, 0.25) is 5.02 Å². The zero-order valence-corrected chi connectivity index (χ0v) is 11.6. The summed E-state index contributed by atoms with van der Waals surface area (Å²) in [6.07, 6.45) is 1.17. The van der Waals surface area contributed by atoms with Crippen LogP contribution in [0.15, 0.2) is 24.3 Å². The molecule has 1 atom stereocenters. The normalized spacial score (nSPS) is 18.8. The van der Waals surface area contributed by atoms with Gasteiger partial charge in [0.2, 0.25) is 0 Å². The fraction of sp³-hybridized carbons (Fsp3) is 0.462. The van der Waals surface area contributed by atoms with E-state index in [-0.39, 0.29) is 6.54 Å². The highest BCUT2D eigenvalue weighted by Crippen LogP contribution is 2.26. The Morgan fingerprint density at radius 1 is 1.44 bits per heavy atom. The number of benzene rings is 1. The lowest BCUT2D eigenvalue weighted by molar-refractivity contribution is -0.135. The molecule has 2 rings (SSSR count). The number of carboxylic acid groups (broad SMARTS) is 1. The molecule has 0 aromatic heterocycles. The lowest BCUT2D eigenvalue weighted by atomic mass is 10.1. The second-order valence-electron chi connectivity index (χ2n) is 4.48. The lowest BCUT2D eigenvalue weighted by Gasteiger charge is -2.25. The molecule has 0 amide bonds. The number of hydrogen-bond acceptors (Lipinski definition) is 3. The van der Waals surface area contributed by atoms with E-state index in [0.29, 0.717) is 10.9 Å². The molecule has 1 heterocycles. The predicted octanol–water partition coefficient (Wildman–Crippen LogP) is 2.98. The van der Waals surface area contributed by atoms with Crippen molar-refractivity contribution in [2.45, 2.75) is 6.42 Å². The highest BCUT2D eigenvalue weighted by Gasteiger charge is 2.20. The van der Waals surface area contributed by atoms with Crippen LogP contribution in [0.1, 0.15) is 6.42 Å². The van der Waals surface area contributed by atoms with Crippen molar-refractivity contribution in [3.8, 4) is 0 Å². The Morgan fingerprint density at radius 2 is 2.17 bits per heavy atom. The number of rotatable bonds is 5. The topological polar surface area (TPSA) is 40.5 Å². The molecule has 1 N–H and O–H groups in total. The summed E-state index contributed by atoms with van der Waals surface area (Å²) in [6.45, 7) is 0.851. The first-order valence-corrected chi connectivity index (χ1v) is 7.48. The Kier molecular flexibility index (Phi) is 4.78. The van der Waals surface area contributed by atoms with Crippen molar-refractivity contribution >= 4 is 35.0 Å². The van der Waals surface area contributed by atoms with Gasteiger partial charge in [0.25, 0.3) is 0 Å². The molecule has 1 aliphatic rings. The molecule has 0 saturated carbocycles. The summed E-state index contributed by atoms with van der Waals surface area (Å²) < 4.78 is 0. The van der Waals surface area contributed by atoms with Crippen LogP contribution in [0.5, 0.6) is 0 Å². The van der Waals surface area contributed by atoms with Gasteiger partial charge in [0.05, 0.1) is 0 Å². The highest BCUT2D eigenvalue weighted by atomic mass is 35.5. The second kappa shape index (κ2) is 6.34. The maximum absolute atomic E-state index is 11.0. The Hall–Kier alpha value is -0.870. The first-order chi connectivity index (χ1) is 8.65. The van der Waals surface area contributed by atoms with Crippen LogP contribution >= 0.6 is 23.4 Å². The van der Waals surface area contributed by atoms with Crippen molar-refractivity contribution in [3.63, 3.8) is 0 Å². The van der Waals surface area contributed by atoms with Crippen LogP contribution < -0.4 is 4.90 Å². The molecule has 18 heavy (non-hydrogen) atoms. The maximum Gasteiger partial charge on any atom is 0.323 e. The minimum absolute atomic E-state index is 0.0444. The molecular formula is C13H16ClNO2S. The number of carboxylic acids is 1. The minimum Gasteiger partial charge on any atom is -0.480 e. The van der Waals surface area contributed by atoms with Gasteiger partial charge in [-0.1, -0.05) is 11.6 Å². The van der Waals surface area contributed by atoms with Crippen LogP contribution in [0.25, 0.3) is 0 Å². The molecule has 1 aromatic rings. The van der Waals surface area contributed by atoms with Gasteiger partial charge >= 0.3 is 5.97 Å². The molecule has 1 aromatic carbocycles. The number of aliphatic carboxylic acids is 1. The van der Waals surface area contributed by atoms with E-state index in [4.69, 9.17) is 16.7 Å². The standard InChI is InChI=1S/C13H16ClNO2S/c14-11-1-3-12(4-2-11)15(8-13(16)17)7-10-5-6-18-9-10/h1-4,10H,5-9H2,(H,16,17). The number of nitrogens with zero attached hydrogens (tertiary/aromatic N) is 1. The molecule has 1 aliphatic heterocycles. The number of hydrogen-bond donors (Lipinski definition) is 1. The van der Waals surface area contributed by atoms with E-state index in [2.05, 4.69) is 0 Å². The Labute approximate surface area is 116 Å². The molecule has 1 fully saturated rings. The van der Waals surface area contributed by atoms with Gasteiger partial charge in [-0.25, -0.2) is 0 Å². The summed E-state index contributed by atoms with van der Waals surface area (Å²) in [7, 11) is 0. The largest absolute Gasteiger partial charge is 0.480 e. The van der Waals surface area contributed by atoms with Crippen LogP contribution in [0.3, 0.4) is 0 Å². The second-order valence-corrected chi connectivity index (χ2v) is 6.07. The van der Waals surface area contributed by atoms with Crippen molar-refractivity contribution < 1.29 is 9.90 Å². The van der Waals surface area contributed by atoms with E-state index in [1.54, 1.807) is 12.1 Å². The van der Waals surface area contributed by atoms with Crippen LogP contribution in [0.4, 0.5) is 5.69 Å². The van der Waals surface area contributed by atoms with E-state index in [9.17, 15) is 4.79 Å². The van der Waals surface area contributed by atoms with Crippen LogP contribution in [-0.2, 0) is 4.79 Å². The third-order valence-corrected chi connectivity index (χ3v) is 4.50. The number of carbonyl (C=O) groups is 1. The van der Waals surface area contributed by atoms with Crippen LogP contribution in [-0.4, -0.2) is 35.7 Å². The monoisotopic (exact) mass is 285 g/mol. The Morgan fingerprint density at radius 3 is 2.72 bits per heavy atom. The van der Waals surface area contributed by atoms with Crippen molar-refractivity contribution in [2.24, 2.45) is 5.92 Å². The summed E-state index contributed by atoms with van der Waals surface area (Å²) in [5.74, 6) is 2.11. The zero-order valence-electron chi connectivity index (χ0n) is 10.0. The average Bonchev–Trinajstić information content (AvgIpc) is 2.81. The fourth-order valence-corrected chi connectivity index (χ4v) is 3.51. The summed E-state index contributed by atoms with van der Waals surface area (Å²) in [6, 6.07) is 7.37. The van der Waals surface area contributed by atoms with Crippen molar-refractivity contribution in [1.82, 2.24) is 0 Å². The minimum atomic E-state index is -0.796. The molecule has 1 saturated heterocycles. The summed E-state index contributed by atoms with van der Waals surface area (Å²) in [4.78, 5) is 12.9. The molecule has 0 aliphatic carbocycles. The van der Waals surface area contributed by atoms with Gasteiger partial charge in [-0.3, -0.25) is 4.79 Å². The van der Waals surface area contributed by atoms with E-state index >= 15 is 0 Å². The first kappa shape index (κ1) is 13.6. The molecule has 3 nitrogen and oxygen atoms in total. The van der Waals surface area contributed by atoms with E-state index < -0.39 is 5.97 Å². The van der Waals surface area contributed by atoms with Gasteiger partial charge in [0.15, 0.2) is 0 Å². The molecule has 5 heteroatoms. The SMILES string of the molecule is O=C(O)CN(CC1CCSC1)c1ccc(Cl)cc1. The number of thioether (sulfide) groups is 1. The van der Waals surface area contributed by atoms with Gasteiger partial charge in [0.1, 0.15) is 6.54 Å². The average molecular weight is 286 g/mol. The fourth-order valence-electron chi connectivity index (χ4n) is 2.12. The molecular weight excluding hydrogens is 270 g/mol. The Balaban J connectivity index is 2.07. The van der Waals surface area contributed by atoms with E-state index in [1.807, 2.05) is 28.8 Å². The first-order valence-electron chi connectivity index (χ1n) is 5.95. The van der Waals surface area contributed by atoms with Crippen molar-refractivity contribution in [1.29, 1.82) is 0 Å². The number of anilines is 1. The maximum atomic E-state index is 11.0. The van der Waals surface area contributed by atoms with E-state index in [0.717, 1.165) is 18.0 Å². The molecule has 1 unspecified atom stereocenters. The summed E-state index contributed by atoms with van der Waals surface area (Å²) in [5.41, 5.74) is 0.929. The molecule has 0 spiro atoms. The van der Waals surface area contributed by atoms with Crippen LogP contribution in [0, 0.1) is 5.92 Å². The predicted molar refractivity (Wildman–Crippen MR) is 76.7 cm³/mol. The third-order valence-electron chi connectivity index (χ3n) is 3.02. The summed E-state index contributed by atoms with van der Waals surface area (Å²) in [5, 5.41) is 9.67. The molecule has 98 valence electrons. The van der Waals surface area contributed by atoms with Gasteiger partial charge in [-0.05, 0) is 48.1 Å². The quantitative estimate of drug-likeness (QED) is 0.903. The van der Waals surface area contributed by atoms with Gasteiger partial charge < -0.3 is 10.0 Å². The Bertz CT molecular complexity index is 404.